The zero-order chi connectivity index (χ0) is 12.4. The fourth-order valence-electron chi connectivity index (χ4n) is 2.48. The molecule has 1 saturated heterocycles. The van der Waals surface area contributed by atoms with Crippen LogP contribution in [0.3, 0.4) is 0 Å². The number of imidazole rings is 1. The highest BCUT2D eigenvalue weighted by Crippen LogP contribution is 2.23. The Morgan fingerprint density at radius 3 is 2.89 bits per heavy atom. The summed E-state index contributed by atoms with van der Waals surface area (Å²) in [7, 11) is 0. The third-order valence-corrected chi connectivity index (χ3v) is 3.72. The van der Waals surface area contributed by atoms with Gasteiger partial charge in [-0.25, -0.2) is 4.98 Å². The molecule has 1 aromatic carbocycles. The molecule has 1 aromatic heterocycles. The first-order valence-corrected chi connectivity index (χ1v) is 6.67. The van der Waals surface area contributed by atoms with Crippen LogP contribution in [0.1, 0.15) is 6.42 Å². The summed E-state index contributed by atoms with van der Waals surface area (Å²) in [5.41, 5.74) is 2.33. The number of nitrogens with one attached hydrogen (secondary N) is 1. The Morgan fingerprint density at radius 1 is 1.33 bits per heavy atom. The van der Waals surface area contributed by atoms with Crippen LogP contribution in [0.2, 0.25) is 5.02 Å². The molecule has 0 amide bonds. The molecular weight excluding hydrogens is 246 g/mol. The largest absolute Gasteiger partial charge is 0.330 e. The van der Waals surface area contributed by atoms with Crippen molar-refractivity contribution in [2.24, 2.45) is 5.92 Å². The fraction of sp³-hybridized carbons (Fsp3) is 0.357. The maximum atomic E-state index is 5.92. The summed E-state index contributed by atoms with van der Waals surface area (Å²) in [6.07, 6.45) is 5.09. The minimum atomic E-state index is 0.713. The molecule has 18 heavy (non-hydrogen) atoms. The first kappa shape index (κ1) is 11.8. The third-order valence-electron chi connectivity index (χ3n) is 3.47. The van der Waals surface area contributed by atoms with Crippen LogP contribution in [0.5, 0.6) is 0 Å². The van der Waals surface area contributed by atoms with E-state index >= 15 is 0 Å². The maximum Gasteiger partial charge on any atom is 0.0951 e. The van der Waals surface area contributed by atoms with Gasteiger partial charge in [-0.05, 0) is 43.1 Å². The van der Waals surface area contributed by atoms with Gasteiger partial charge >= 0.3 is 0 Å². The van der Waals surface area contributed by atoms with E-state index in [1.54, 1.807) is 0 Å². The van der Waals surface area contributed by atoms with Crippen LogP contribution in [-0.4, -0.2) is 22.6 Å². The normalized spacial score (nSPS) is 19.3. The Balaban J connectivity index is 1.84. The standard InChI is InChI=1S/C14H16ClN3/c15-13-3-1-12(2-4-13)14-8-17-10-18(14)9-11-5-6-16-7-11/h1-4,8,10-11,16H,5-7,9H2. The summed E-state index contributed by atoms with van der Waals surface area (Å²) in [5, 5.41) is 4.17. The van der Waals surface area contributed by atoms with Gasteiger partial charge in [0.2, 0.25) is 0 Å². The van der Waals surface area contributed by atoms with E-state index in [2.05, 4.69) is 14.9 Å². The number of nitrogens with zero attached hydrogens (tertiary/aromatic N) is 2. The van der Waals surface area contributed by atoms with Crippen molar-refractivity contribution in [1.82, 2.24) is 14.9 Å². The molecule has 1 unspecified atom stereocenters. The van der Waals surface area contributed by atoms with Crippen molar-refractivity contribution < 1.29 is 0 Å². The number of aromatic nitrogens is 2. The molecule has 94 valence electrons. The van der Waals surface area contributed by atoms with Crippen LogP contribution in [0.4, 0.5) is 0 Å². The Labute approximate surface area is 112 Å². The highest BCUT2D eigenvalue weighted by molar-refractivity contribution is 6.30. The Hall–Kier alpha value is -1.32. The lowest BCUT2D eigenvalue weighted by Crippen LogP contribution is -2.14. The molecule has 3 rings (SSSR count). The van der Waals surface area contributed by atoms with E-state index in [0.29, 0.717) is 5.92 Å². The Morgan fingerprint density at radius 2 is 2.17 bits per heavy atom. The van der Waals surface area contributed by atoms with E-state index in [-0.39, 0.29) is 0 Å². The van der Waals surface area contributed by atoms with Gasteiger partial charge in [0, 0.05) is 11.6 Å². The molecule has 0 spiro atoms. The molecule has 0 aliphatic carbocycles. The van der Waals surface area contributed by atoms with Gasteiger partial charge in [0.05, 0.1) is 18.2 Å². The zero-order valence-corrected chi connectivity index (χ0v) is 10.9. The van der Waals surface area contributed by atoms with Crippen LogP contribution in [0.15, 0.2) is 36.8 Å². The lowest BCUT2D eigenvalue weighted by molar-refractivity contribution is 0.484. The molecule has 2 aromatic rings. The average Bonchev–Trinajstić information content (AvgIpc) is 3.02. The first-order chi connectivity index (χ1) is 8.83. The summed E-state index contributed by atoms with van der Waals surface area (Å²) >= 11 is 5.92. The SMILES string of the molecule is Clc1ccc(-c2cncn2CC2CCNC2)cc1. The van der Waals surface area contributed by atoms with Crippen LogP contribution in [-0.2, 0) is 6.54 Å². The molecule has 1 aliphatic heterocycles. The topological polar surface area (TPSA) is 29.9 Å². The number of halogens is 1. The predicted octanol–water partition coefficient (Wildman–Crippen LogP) is 2.81. The highest BCUT2D eigenvalue weighted by atomic mass is 35.5. The molecule has 2 heterocycles. The molecule has 1 fully saturated rings. The lowest BCUT2D eigenvalue weighted by atomic mass is 10.1. The summed E-state index contributed by atoms with van der Waals surface area (Å²) in [6, 6.07) is 7.93. The van der Waals surface area contributed by atoms with Crippen molar-refractivity contribution in [3.8, 4) is 11.3 Å². The second-order valence-electron chi connectivity index (χ2n) is 4.80. The Kier molecular flexibility index (Phi) is 3.35. The predicted molar refractivity (Wildman–Crippen MR) is 73.6 cm³/mol. The number of hydrogen-bond donors (Lipinski definition) is 1. The van der Waals surface area contributed by atoms with Crippen LogP contribution < -0.4 is 5.32 Å². The zero-order valence-electron chi connectivity index (χ0n) is 10.1. The van der Waals surface area contributed by atoms with Crippen molar-refractivity contribution >= 4 is 11.6 Å². The average molecular weight is 262 g/mol. The number of hydrogen-bond acceptors (Lipinski definition) is 2. The van der Waals surface area contributed by atoms with E-state index in [4.69, 9.17) is 11.6 Å². The number of benzene rings is 1. The van der Waals surface area contributed by atoms with Crippen LogP contribution >= 0.6 is 11.6 Å². The molecule has 1 atom stereocenters. The highest BCUT2D eigenvalue weighted by Gasteiger charge is 2.16. The van der Waals surface area contributed by atoms with Gasteiger partial charge in [-0.3, -0.25) is 0 Å². The molecule has 4 heteroatoms. The Bertz CT molecular complexity index is 512. The maximum absolute atomic E-state index is 5.92. The van der Waals surface area contributed by atoms with Crippen LogP contribution in [0, 0.1) is 5.92 Å². The minimum Gasteiger partial charge on any atom is -0.330 e. The van der Waals surface area contributed by atoms with E-state index in [0.717, 1.165) is 24.7 Å². The second kappa shape index (κ2) is 5.12. The summed E-state index contributed by atoms with van der Waals surface area (Å²) in [5.74, 6) is 0.713. The van der Waals surface area contributed by atoms with Crippen molar-refractivity contribution in [1.29, 1.82) is 0 Å². The molecule has 1 N–H and O–H groups in total. The van der Waals surface area contributed by atoms with Gasteiger partial charge in [-0.1, -0.05) is 23.7 Å². The van der Waals surface area contributed by atoms with Gasteiger partial charge in [-0.2, -0.15) is 0 Å². The van der Waals surface area contributed by atoms with Gasteiger partial charge < -0.3 is 9.88 Å². The van der Waals surface area contributed by atoms with E-state index in [9.17, 15) is 0 Å². The van der Waals surface area contributed by atoms with Crippen molar-refractivity contribution in [3.63, 3.8) is 0 Å². The van der Waals surface area contributed by atoms with Crippen molar-refractivity contribution in [3.05, 3.63) is 41.8 Å². The molecular formula is C14H16ClN3. The van der Waals surface area contributed by atoms with E-state index < -0.39 is 0 Å². The first-order valence-electron chi connectivity index (χ1n) is 6.30. The second-order valence-corrected chi connectivity index (χ2v) is 5.23. The summed E-state index contributed by atoms with van der Waals surface area (Å²) in [6.45, 7) is 3.28. The molecule has 3 nitrogen and oxygen atoms in total. The monoisotopic (exact) mass is 261 g/mol. The van der Waals surface area contributed by atoms with Gasteiger partial charge in [0.15, 0.2) is 0 Å². The van der Waals surface area contributed by atoms with Crippen molar-refractivity contribution in [2.75, 3.05) is 13.1 Å². The summed E-state index contributed by atoms with van der Waals surface area (Å²) in [4.78, 5) is 4.27. The van der Waals surface area contributed by atoms with E-state index in [1.807, 2.05) is 36.8 Å². The smallest absolute Gasteiger partial charge is 0.0951 e. The van der Waals surface area contributed by atoms with Gasteiger partial charge in [-0.15, -0.1) is 0 Å². The van der Waals surface area contributed by atoms with Crippen molar-refractivity contribution in [2.45, 2.75) is 13.0 Å². The molecule has 0 saturated carbocycles. The lowest BCUT2D eigenvalue weighted by Gasteiger charge is -2.12. The van der Waals surface area contributed by atoms with E-state index in [1.165, 1.54) is 17.7 Å². The number of rotatable bonds is 3. The fourth-order valence-corrected chi connectivity index (χ4v) is 2.60. The molecule has 0 radical (unpaired) electrons. The quantitative estimate of drug-likeness (QED) is 0.921. The molecule has 1 aliphatic rings. The summed E-state index contributed by atoms with van der Waals surface area (Å²) < 4.78 is 2.24. The van der Waals surface area contributed by atoms with Gasteiger partial charge in [0.25, 0.3) is 0 Å². The van der Waals surface area contributed by atoms with Gasteiger partial charge in [0.1, 0.15) is 0 Å². The molecule has 0 bridgehead atoms. The third kappa shape index (κ3) is 2.42. The minimum absolute atomic E-state index is 0.713. The van der Waals surface area contributed by atoms with Crippen LogP contribution in [0.25, 0.3) is 11.3 Å².